The average molecular weight is 361 g/mol. The third-order valence-electron chi connectivity index (χ3n) is 4.45. The number of furan rings is 1. The number of aryl methyl sites for hydroxylation is 1. The van der Waals surface area contributed by atoms with E-state index in [0.717, 1.165) is 42.7 Å². The SMILES string of the molecule is Cc1cnc(CCN=C(NCCc2ccco2)NC2CCCCC2)s1. The first kappa shape index (κ1) is 18.0. The van der Waals surface area contributed by atoms with Crippen molar-refractivity contribution < 1.29 is 4.42 Å². The molecule has 0 saturated heterocycles. The van der Waals surface area contributed by atoms with Crippen molar-refractivity contribution in [2.75, 3.05) is 13.1 Å². The maximum atomic E-state index is 5.40. The fourth-order valence-corrected chi connectivity index (χ4v) is 3.91. The third kappa shape index (κ3) is 6.20. The van der Waals surface area contributed by atoms with Crippen LogP contribution in [0.25, 0.3) is 0 Å². The van der Waals surface area contributed by atoms with Crippen LogP contribution in [0.4, 0.5) is 0 Å². The Labute approximate surface area is 154 Å². The van der Waals surface area contributed by atoms with Gasteiger partial charge in [-0.2, -0.15) is 0 Å². The van der Waals surface area contributed by atoms with Gasteiger partial charge in [-0.3, -0.25) is 4.99 Å². The van der Waals surface area contributed by atoms with Crippen LogP contribution in [0.5, 0.6) is 0 Å². The van der Waals surface area contributed by atoms with Crippen LogP contribution in [-0.2, 0) is 12.8 Å². The van der Waals surface area contributed by atoms with Crippen LogP contribution in [0.2, 0.25) is 0 Å². The highest BCUT2D eigenvalue weighted by Crippen LogP contribution is 2.17. The largest absolute Gasteiger partial charge is 0.469 e. The predicted molar refractivity (Wildman–Crippen MR) is 103 cm³/mol. The van der Waals surface area contributed by atoms with E-state index in [9.17, 15) is 0 Å². The number of hydrogen-bond donors (Lipinski definition) is 2. The summed E-state index contributed by atoms with van der Waals surface area (Å²) < 4.78 is 5.40. The Bertz CT molecular complexity index is 644. The lowest BCUT2D eigenvalue weighted by Crippen LogP contribution is -2.45. The highest BCUT2D eigenvalue weighted by Gasteiger charge is 2.14. The lowest BCUT2D eigenvalue weighted by molar-refractivity contribution is 0.409. The summed E-state index contributed by atoms with van der Waals surface area (Å²) in [6.07, 6.45) is 11.9. The minimum atomic E-state index is 0.547. The minimum Gasteiger partial charge on any atom is -0.469 e. The van der Waals surface area contributed by atoms with Gasteiger partial charge in [0.2, 0.25) is 0 Å². The number of hydrogen-bond acceptors (Lipinski definition) is 4. The zero-order chi connectivity index (χ0) is 17.3. The van der Waals surface area contributed by atoms with E-state index in [4.69, 9.17) is 9.41 Å². The van der Waals surface area contributed by atoms with Crippen LogP contribution in [-0.4, -0.2) is 30.1 Å². The molecule has 0 atom stereocenters. The van der Waals surface area contributed by atoms with Crippen molar-refractivity contribution >= 4 is 17.3 Å². The Morgan fingerprint density at radius 3 is 2.92 bits per heavy atom. The van der Waals surface area contributed by atoms with Gasteiger partial charge in [-0.15, -0.1) is 11.3 Å². The molecular weight excluding hydrogens is 332 g/mol. The van der Waals surface area contributed by atoms with Crippen LogP contribution in [0.15, 0.2) is 34.0 Å². The molecule has 0 spiro atoms. The van der Waals surface area contributed by atoms with Crippen molar-refractivity contribution in [3.05, 3.63) is 40.2 Å². The fraction of sp³-hybridized carbons (Fsp3) is 0.579. The van der Waals surface area contributed by atoms with Gasteiger partial charge in [0.25, 0.3) is 0 Å². The molecule has 3 rings (SSSR count). The summed E-state index contributed by atoms with van der Waals surface area (Å²) in [4.78, 5) is 10.5. The Morgan fingerprint density at radius 1 is 1.32 bits per heavy atom. The van der Waals surface area contributed by atoms with E-state index in [1.54, 1.807) is 17.6 Å². The Balaban J connectivity index is 1.51. The number of nitrogens with one attached hydrogen (secondary N) is 2. The number of rotatable bonds is 7. The molecule has 0 radical (unpaired) electrons. The highest BCUT2D eigenvalue weighted by atomic mass is 32.1. The zero-order valence-corrected chi connectivity index (χ0v) is 15.8. The molecule has 5 nitrogen and oxygen atoms in total. The number of aliphatic imine (C=N–C) groups is 1. The molecule has 1 fully saturated rings. The van der Waals surface area contributed by atoms with Crippen molar-refractivity contribution in [1.82, 2.24) is 15.6 Å². The van der Waals surface area contributed by atoms with Crippen LogP contribution >= 0.6 is 11.3 Å². The topological polar surface area (TPSA) is 62.5 Å². The lowest BCUT2D eigenvalue weighted by atomic mass is 9.96. The molecule has 6 heteroatoms. The van der Waals surface area contributed by atoms with E-state index in [-0.39, 0.29) is 0 Å². The first-order valence-electron chi connectivity index (χ1n) is 9.28. The number of nitrogens with zero attached hydrogens (tertiary/aromatic N) is 2. The van der Waals surface area contributed by atoms with Crippen LogP contribution in [0.3, 0.4) is 0 Å². The van der Waals surface area contributed by atoms with Crippen molar-refractivity contribution in [2.24, 2.45) is 4.99 Å². The number of aromatic nitrogens is 1. The van der Waals surface area contributed by atoms with Crippen molar-refractivity contribution in [3.63, 3.8) is 0 Å². The first-order valence-corrected chi connectivity index (χ1v) is 10.1. The standard InChI is InChI=1S/C19H28N4OS/c1-15-14-22-18(25-15)10-12-21-19(23-16-6-3-2-4-7-16)20-11-9-17-8-5-13-24-17/h5,8,13-14,16H,2-4,6-7,9-12H2,1H3,(H2,20,21,23). The Hall–Kier alpha value is -1.82. The summed E-state index contributed by atoms with van der Waals surface area (Å²) >= 11 is 1.76. The molecule has 0 aromatic carbocycles. The Kier molecular flexibility index (Phi) is 6.91. The first-order chi connectivity index (χ1) is 12.3. The quantitative estimate of drug-likeness (QED) is 0.584. The second-order valence-corrected chi connectivity index (χ2v) is 7.90. The van der Waals surface area contributed by atoms with Crippen molar-refractivity contribution in [3.8, 4) is 0 Å². The smallest absolute Gasteiger partial charge is 0.191 e. The van der Waals surface area contributed by atoms with Gasteiger partial charge in [0.05, 0.1) is 11.3 Å². The molecule has 1 saturated carbocycles. The van der Waals surface area contributed by atoms with Crippen molar-refractivity contribution in [1.29, 1.82) is 0 Å². The van der Waals surface area contributed by atoms with Gasteiger partial charge in [0.1, 0.15) is 5.76 Å². The van der Waals surface area contributed by atoms with E-state index < -0.39 is 0 Å². The van der Waals surface area contributed by atoms with E-state index in [0.29, 0.717) is 6.04 Å². The zero-order valence-electron chi connectivity index (χ0n) is 15.0. The summed E-state index contributed by atoms with van der Waals surface area (Å²) in [5.41, 5.74) is 0. The van der Waals surface area contributed by atoms with E-state index in [1.165, 1.54) is 37.0 Å². The van der Waals surface area contributed by atoms with Crippen LogP contribution < -0.4 is 10.6 Å². The fourth-order valence-electron chi connectivity index (χ4n) is 3.13. The van der Waals surface area contributed by atoms with E-state index in [2.05, 4.69) is 22.5 Å². The van der Waals surface area contributed by atoms with Gasteiger partial charge < -0.3 is 15.1 Å². The highest BCUT2D eigenvalue weighted by molar-refractivity contribution is 7.11. The van der Waals surface area contributed by atoms with Crippen LogP contribution in [0, 0.1) is 6.92 Å². The van der Waals surface area contributed by atoms with Gasteiger partial charge >= 0.3 is 0 Å². The summed E-state index contributed by atoms with van der Waals surface area (Å²) in [6, 6.07) is 4.49. The molecule has 2 heterocycles. The molecule has 0 aliphatic heterocycles. The maximum Gasteiger partial charge on any atom is 0.191 e. The lowest BCUT2D eigenvalue weighted by Gasteiger charge is -2.25. The van der Waals surface area contributed by atoms with Crippen LogP contribution in [0.1, 0.15) is 47.7 Å². The molecule has 25 heavy (non-hydrogen) atoms. The average Bonchev–Trinajstić information content (AvgIpc) is 3.27. The maximum absolute atomic E-state index is 5.40. The predicted octanol–water partition coefficient (Wildman–Crippen LogP) is 3.70. The van der Waals surface area contributed by atoms with E-state index >= 15 is 0 Å². The summed E-state index contributed by atoms with van der Waals surface area (Å²) in [5.74, 6) is 1.93. The normalized spacial score (nSPS) is 16.1. The minimum absolute atomic E-state index is 0.547. The van der Waals surface area contributed by atoms with Gasteiger partial charge in [0, 0.05) is 43.0 Å². The summed E-state index contributed by atoms with van der Waals surface area (Å²) in [6.45, 7) is 3.68. The second-order valence-electron chi connectivity index (χ2n) is 6.58. The molecule has 0 amide bonds. The molecule has 0 unspecified atom stereocenters. The molecule has 0 bridgehead atoms. The summed E-state index contributed by atoms with van der Waals surface area (Å²) in [5, 5.41) is 8.24. The third-order valence-corrected chi connectivity index (χ3v) is 5.43. The van der Waals surface area contributed by atoms with Crippen molar-refractivity contribution in [2.45, 2.75) is 57.9 Å². The number of guanidine groups is 1. The Morgan fingerprint density at radius 2 is 2.20 bits per heavy atom. The van der Waals surface area contributed by atoms with Gasteiger partial charge in [-0.1, -0.05) is 19.3 Å². The molecule has 2 aromatic rings. The molecule has 136 valence electrons. The summed E-state index contributed by atoms with van der Waals surface area (Å²) in [7, 11) is 0. The monoisotopic (exact) mass is 360 g/mol. The molecular formula is C19H28N4OS. The van der Waals surface area contributed by atoms with Gasteiger partial charge in [0.15, 0.2) is 5.96 Å². The van der Waals surface area contributed by atoms with E-state index in [1.807, 2.05) is 18.3 Å². The number of thiazole rings is 1. The van der Waals surface area contributed by atoms with Gasteiger partial charge in [-0.05, 0) is 31.9 Å². The molecule has 1 aliphatic rings. The molecule has 2 aromatic heterocycles. The molecule has 2 N–H and O–H groups in total. The second kappa shape index (κ2) is 9.61. The van der Waals surface area contributed by atoms with Gasteiger partial charge in [-0.25, -0.2) is 4.98 Å². The molecule has 1 aliphatic carbocycles.